The maximum Gasteiger partial charge on any atom is 0.211 e. The minimum Gasteiger partial charge on any atom is -0.456 e. The molecule has 2 heterocycles. The summed E-state index contributed by atoms with van der Waals surface area (Å²) in [7, 11) is -4.94. The van der Waals surface area contributed by atoms with Crippen molar-refractivity contribution in [3.63, 3.8) is 0 Å². The van der Waals surface area contributed by atoms with Crippen LogP contribution in [0.4, 0.5) is 0 Å². The third-order valence-corrected chi connectivity index (χ3v) is 7.37. The van der Waals surface area contributed by atoms with Crippen LogP contribution in [0.25, 0.3) is 34.4 Å². The minimum absolute atomic E-state index is 0.844. The highest BCUT2D eigenvalue weighted by atomic mass is 35.7. The van der Waals surface area contributed by atoms with E-state index in [2.05, 4.69) is 140 Å². The van der Waals surface area contributed by atoms with Crippen LogP contribution in [0.3, 0.4) is 0 Å². The zero-order chi connectivity index (χ0) is 32.5. The van der Waals surface area contributed by atoms with Gasteiger partial charge in [0.15, 0.2) is 11.4 Å². The van der Waals surface area contributed by atoms with Crippen molar-refractivity contribution >= 4 is 17.6 Å². The Labute approximate surface area is 271 Å². The lowest BCUT2D eigenvalue weighted by Gasteiger charge is -2.18. The standard InChI is InChI=1S/C39H32NO.ClHO4/c1-29-36-25-23-31(24-26-37(36)30(2)40(29)35-21-13-6-14-22-35)15-7-3-8-16-32-27-38(33-17-9-4-10-18-33)41-39(28-32)34-19-11-5-12-20-34;2-1(3,4)5/h3-28H,1-2H3;(H,2,3,4,5)/q+1;/p-1/b8-3+,15-7+;. The highest BCUT2D eigenvalue weighted by Crippen LogP contribution is 2.32. The average Bonchev–Trinajstić information content (AvgIpc) is 3.17. The van der Waals surface area contributed by atoms with Crippen LogP contribution >= 0.6 is 0 Å². The first-order valence-electron chi connectivity index (χ1n) is 14.6. The summed E-state index contributed by atoms with van der Waals surface area (Å²) in [4.78, 5) is 0. The summed E-state index contributed by atoms with van der Waals surface area (Å²) in [6.07, 6.45) is 14.7. The highest BCUT2D eigenvalue weighted by molar-refractivity contribution is 5.77. The molecule has 0 radical (unpaired) electrons. The molecule has 0 atom stereocenters. The molecule has 0 unspecified atom stereocenters. The second-order valence-corrected chi connectivity index (χ2v) is 11.2. The fourth-order valence-electron chi connectivity index (χ4n) is 5.30. The van der Waals surface area contributed by atoms with Gasteiger partial charge in [0.2, 0.25) is 5.69 Å². The Morgan fingerprint density at radius 3 is 1.50 bits per heavy atom. The Morgan fingerprint density at radius 2 is 1.02 bits per heavy atom. The van der Waals surface area contributed by atoms with Crippen molar-refractivity contribution in [2.75, 3.05) is 0 Å². The maximum atomic E-state index is 8.49. The van der Waals surface area contributed by atoms with Gasteiger partial charge in [-0.25, -0.2) is 18.6 Å². The summed E-state index contributed by atoms with van der Waals surface area (Å²) in [5.74, 6) is 1.69. The van der Waals surface area contributed by atoms with Gasteiger partial charge in [0.25, 0.3) is 0 Å². The number of allylic oxidation sites excluding steroid dienone is 7. The summed E-state index contributed by atoms with van der Waals surface area (Å²) in [6.45, 7) is 4.39. The van der Waals surface area contributed by atoms with Gasteiger partial charge in [-0.05, 0) is 35.4 Å². The molecular weight excluding hydrogens is 598 g/mol. The molecule has 7 heteroatoms. The number of fused-ring (bicyclic) bond motifs is 1. The van der Waals surface area contributed by atoms with Crippen molar-refractivity contribution in [1.82, 2.24) is 0 Å². The second kappa shape index (κ2) is 14.8. The third kappa shape index (κ3) is 8.55. The first-order valence-corrected chi connectivity index (χ1v) is 15.8. The van der Waals surface area contributed by atoms with Crippen LogP contribution in [0, 0.1) is 24.1 Å². The van der Waals surface area contributed by atoms with Crippen molar-refractivity contribution in [2.45, 2.75) is 13.8 Å². The predicted molar refractivity (Wildman–Crippen MR) is 170 cm³/mol. The number of ether oxygens (including phenoxy) is 1. The Balaban J connectivity index is 0.000000775. The van der Waals surface area contributed by atoms with Gasteiger partial charge in [0.1, 0.15) is 11.5 Å². The molecule has 6 rings (SSSR count). The number of nitrogens with zero attached hydrogens (tertiary/aromatic N) is 1. The molecule has 0 fully saturated rings. The smallest absolute Gasteiger partial charge is 0.211 e. The summed E-state index contributed by atoms with van der Waals surface area (Å²) >= 11 is 0. The Hall–Kier alpha value is -5.08. The van der Waals surface area contributed by atoms with Gasteiger partial charge >= 0.3 is 0 Å². The molecule has 0 aromatic heterocycles. The third-order valence-electron chi connectivity index (χ3n) is 7.37. The van der Waals surface area contributed by atoms with Gasteiger partial charge in [-0.15, -0.1) is 10.2 Å². The van der Waals surface area contributed by atoms with E-state index in [4.69, 9.17) is 23.4 Å². The molecule has 3 aromatic rings. The molecule has 3 aliphatic rings. The Kier molecular flexibility index (Phi) is 10.4. The topological polar surface area (TPSA) is 105 Å². The largest absolute Gasteiger partial charge is 0.456 e. The van der Waals surface area contributed by atoms with Crippen LogP contribution in [-0.4, -0.2) is 0 Å². The van der Waals surface area contributed by atoms with E-state index in [9.17, 15) is 0 Å². The first-order chi connectivity index (χ1) is 22.2. The molecule has 0 spiro atoms. The highest BCUT2D eigenvalue weighted by Gasteiger charge is 2.26. The van der Waals surface area contributed by atoms with E-state index in [-0.39, 0.29) is 0 Å². The zero-order valence-electron chi connectivity index (χ0n) is 25.4. The number of rotatable bonds is 6. The molecule has 1 aliphatic carbocycles. The second-order valence-electron chi connectivity index (χ2n) is 10.5. The van der Waals surface area contributed by atoms with Gasteiger partial charge in [0.05, 0.1) is 11.1 Å². The summed E-state index contributed by atoms with van der Waals surface area (Å²) in [5, 5.41) is 0. The summed E-state index contributed by atoms with van der Waals surface area (Å²) in [5.41, 5.74) is 10.6. The van der Waals surface area contributed by atoms with Crippen molar-refractivity contribution in [2.24, 2.45) is 0 Å². The number of para-hydroxylation sites is 1. The van der Waals surface area contributed by atoms with Gasteiger partial charge in [0, 0.05) is 37.1 Å². The van der Waals surface area contributed by atoms with E-state index < -0.39 is 10.2 Å². The summed E-state index contributed by atoms with van der Waals surface area (Å²) in [6, 6.07) is 39.9. The Bertz CT molecular complexity index is 1800. The summed E-state index contributed by atoms with van der Waals surface area (Å²) < 4.78 is 42.6. The average molecular weight is 630 g/mol. The predicted octanol–water partition coefficient (Wildman–Crippen LogP) is 4.54. The quantitative estimate of drug-likeness (QED) is 0.203. The normalized spacial score (nSPS) is 13.2. The molecule has 0 saturated heterocycles. The van der Waals surface area contributed by atoms with Crippen LogP contribution in [-0.2, 0) is 4.74 Å². The first kappa shape index (κ1) is 32.3. The molecular formula is C39H32ClNO5. The molecule has 46 heavy (non-hydrogen) atoms. The van der Waals surface area contributed by atoms with Crippen LogP contribution in [0.5, 0.6) is 0 Å². The molecule has 230 valence electrons. The zero-order valence-corrected chi connectivity index (χ0v) is 26.1. The van der Waals surface area contributed by atoms with Crippen LogP contribution < -0.4 is 23.2 Å². The van der Waals surface area contributed by atoms with Gasteiger partial charge in [-0.3, -0.25) is 0 Å². The molecule has 0 saturated carbocycles. The van der Waals surface area contributed by atoms with Crippen LogP contribution in [0.2, 0.25) is 0 Å². The lowest BCUT2D eigenvalue weighted by molar-refractivity contribution is -2.00. The maximum absolute atomic E-state index is 8.49. The van der Waals surface area contributed by atoms with E-state index in [1.54, 1.807) is 0 Å². The van der Waals surface area contributed by atoms with Crippen LogP contribution in [0.1, 0.15) is 28.1 Å². The van der Waals surface area contributed by atoms with Gasteiger partial charge in [-0.2, -0.15) is 4.57 Å². The SMILES string of the molecule is Cc1c2ccc(/C=C/C=C/C=C3C=C(c4ccccc4)OC(c4ccccc4)=C3)ccc-2c(C)[n+]1-c1ccccc1.[O-][Cl+3]([O-])([O-])[O-]. The Morgan fingerprint density at radius 1 is 0.565 bits per heavy atom. The lowest BCUT2D eigenvalue weighted by atomic mass is 10.0. The molecule has 0 N–H and O–H groups in total. The van der Waals surface area contributed by atoms with Crippen molar-refractivity contribution in [1.29, 1.82) is 0 Å². The monoisotopic (exact) mass is 629 g/mol. The van der Waals surface area contributed by atoms with Gasteiger partial charge in [-0.1, -0.05) is 121 Å². The van der Waals surface area contributed by atoms with E-state index in [1.165, 1.54) is 28.2 Å². The molecule has 0 amide bonds. The molecule has 3 aromatic carbocycles. The number of aromatic nitrogens is 1. The molecule has 2 aliphatic heterocycles. The lowest BCUT2D eigenvalue weighted by Crippen LogP contribution is -2.68. The number of hydrogen-bond acceptors (Lipinski definition) is 5. The van der Waals surface area contributed by atoms with Crippen molar-refractivity contribution in [3.8, 4) is 16.8 Å². The minimum atomic E-state index is -4.94. The molecule has 0 bridgehead atoms. The fourth-order valence-corrected chi connectivity index (χ4v) is 5.30. The number of benzene rings is 3. The van der Waals surface area contributed by atoms with E-state index >= 15 is 0 Å². The number of halogens is 1. The number of hydrogen-bond donors (Lipinski definition) is 0. The van der Waals surface area contributed by atoms with E-state index in [0.29, 0.717) is 0 Å². The van der Waals surface area contributed by atoms with E-state index in [1.807, 2.05) is 36.4 Å². The van der Waals surface area contributed by atoms with E-state index in [0.717, 1.165) is 33.8 Å². The van der Waals surface area contributed by atoms with Crippen molar-refractivity contribution in [3.05, 3.63) is 185 Å². The van der Waals surface area contributed by atoms with Gasteiger partial charge < -0.3 is 4.74 Å². The van der Waals surface area contributed by atoms with Crippen LogP contribution in [0.15, 0.2) is 157 Å². The fraction of sp³-hybridized carbons (Fsp3) is 0.0513. The molecule has 6 nitrogen and oxygen atoms in total. The van der Waals surface area contributed by atoms with Crippen molar-refractivity contribution < 1.29 is 38.2 Å².